The van der Waals surface area contributed by atoms with E-state index in [2.05, 4.69) is 0 Å². The van der Waals surface area contributed by atoms with Crippen molar-refractivity contribution < 1.29 is 26.3 Å². The smallest absolute Gasteiger partial charge is 0.166 e. The average molecular weight is 662 g/mol. The van der Waals surface area contributed by atoms with E-state index in [-0.39, 0.29) is 14.5 Å². The summed E-state index contributed by atoms with van der Waals surface area (Å²) in [6.45, 7) is 7.55. The lowest BCUT2D eigenvalue weighted by atomic mass is 9.81. The Morgan fingerprint density at radius 1 is 0.550 bits per heavy atom. The molecular formula is C33H25F6I. The number of hydrogen-bond donors (Lipinski definition) is 0. The van der Waals surface area contributed by atoms with Gasteiger partial charge in [0, 0.05) is 3.57 Å². The number of rotatable bonds is 2. The van der Waals surface area contributed by atoms with E-state index < -0.39 is 23.5 Å². The number of hydrogen-bond acceptors (Lipinski definition) is 0. The predicted molar refractivity (Wildman–Crippen MR) is 158 cm³/mol. The van der Waals surface area contributed by atoms with Crippen molar-refractivity contribution in [3.8, 4) is 22.3 Å². The summed E-state index contributed by atoms with van der Waals surface area (Å²) in [6, 6.07) is 21.6. The highest BCUT2D eigenvalue weighted by Crippen LogP contribution is 2.47. The summed E-state index contributed by atoms with van der Waals surface area (Å²) in [5.74, 6) is 0. The number of halogens is 7. The van der Waals surface area contributed by atoms with Gasteiger partial charge in [-0.1, -0.05) is 75.4 Å². The summed E-state index contributed by atoms with van der Waals surface area (Å²) in [4.78, 5) is 0. The van der Waals surface area contributed by atoms with E-state index in [0.717, 1.165) is 5.56 Å². The summed E-state index contributed by atoms with van der Waals surface area (Å²) in [5.41, 5.74) is 1.39. The molecule has 0 atom stereocenters. The average Bonchev–Trinajstić information content (AvgIpc) is 2.86. The van der Waals surface area contributed by atoms with Crippen molar-refractivity contribution in [2.75, 3.05) is 0 Å². The molecule has 0 amide bonds. The third kappa shape index (κ3) is 5.08. The first kappa shape index (κ1) is 28.5. The zero-order valence-corrected chi connectivity index (χ0v) is 24.3. The maximum Gasteiger partial charge on any atom is 0.417 e. The molecule has 0 unspecified atom stereocenters. The minimum absolute atomic E-state index is 0.0915. The second-order valence-electron chi connectivity index (χ2n) is 11.0. The van der Waals surface area contributed by atoms with Gasteiger partial charge in [-0.25, -0.2) is 0 Å². The van der Waals surface area contributed by atoms with Gasteiger partial charge < -0.3 is 0 Å². The number of fused-ring (bicyclic) bond motifs is 2. The summed E-state index contributed by atoms with van der Waals surface area (Å²) in [6.07, 6.45) is -9.06. The molecule has 206 valence electrons. The molecule has 0 radical (unpaired) electrons. The van der Waals surface area contributed by atoms with Crippen LogP contribution in [0.15, 0.2) is 78.9 Å². The van der Waals surface area contributed by atoms with Crippen LogP contribution in [-0.4, -0.2) is 0 Å². The van der Waals surface area contributed by atoms with Crippen molar-refractivity contribution in [2.24, 2.45) is 0 Å². The third-order valence-electron chi connectivity index (χ3n) is 7.28. The van der Waals surface area contributed by atoms with Gasteiger partial charge in [0.05, 0.1) is 11.1 Å². The first-order valence-corrected chi connectivity index (χ1v) is 13.7. The van der Waals surface area contributed by atoms with Gasteiger partial charge in [0.15, 0.2) is 0 Å². The topological polar surface area (TPSA) is 0 Å². The molecule has 7 heteroatoms. The highest BCUT2D eigenvalue weighted by molar-refractivity contribution is 14.1. The Morgan fingerprint density at radius 3 is 1.60 bits per heavy atom. The molecule has 0 saturated heterocycles. The molecule has 0 heterocycles. The van der Waals surface area contributed by atoms with Crippen molar-refractivity contribution in [1.29, 1.82) is 0 Å². The Hall–Kier alpha value is -3.07. The summed E-state index contributed by atoms with van der Waals surface area (Å²) in [7, 11) is 0. The Morgan fingerprint density at radius 2 is 1.05 bits per heavy atom. The van der Waals surface area contributed by atoms with E-state index in [1.165, 1.54) is 31.2 Å². The summed E-state index contributed by atoms with van der Waals surface area (Å²) < 4.78 is 83.7. The van der Waals surface area contributed by atoms with Crippen molar-refractivity contribution in [2.45, 2.75) is 45.5 Å². The fourth-order valence-electron chi connectivity index (χ4n) is 5.25. The Kier molecular flexibility index (Phi) is 6.96. The van der Waals surface area contributed by atoms with Gasteiger partial charge in [-0.05, 0) is 114 Å². The van der Waals surface area contributed by atoms with Gasteiger partial charge in [-0.3, -0.25) is 0 Å². The zero-order valence-electron chi connectivity index (χ0n) is 22.2. The fraction of sp³-hybridized carbons (Fsp3) is 0.212. The maximum atomic E-state index is 13.9. The molecule has 40 heavy (non-hydrogen) atoms. The molecule has 0 aromatic heterocycles. The highest BCUT2D eigenvalue weighted by atomic mass is 127. The summed E-state index contributed by atoms with van der Waals surface area (Å²) in [5, 5.41) is 2.69. The monoisotopic (exact) mass is 662 g/mol. The van der Waals surface area contributed by atoms with E-state index in [1.54, 1.807) is 46.9 Å². The van der Waals surface area contributed by atoms with E-state index in [0.29, 0.717) is 43.8 Å². The standard InChI is InChI=1S/C33H25F6I/c1-18-9-10-19(15-26(18)32(34,35)36)29-22-7-5-6-8-23(22)30(20-11-14-28(40)27(16-20)33(37,38)39)25-17-21(31(2,3)4)12-13-24(25)29/h5-17H,1-4H3. The zero-order chi connectivity index (χ0) is 29.2. The molecule has 0 saturated carbocycles. The van der Waals surface area contributed by atoms with Crippen molar-refractivity contribution >= 4 is 44.1 Å². The maximum absolute atomic E-state index is 13.9. The molecule has 0 nitrogen and oxygen atoms in total. The SMILES string of the molecule is Cc1ccc(-c2c3ccccc3c(-c3ccc(I)c(C(F)(F)F)c3)c3cc(C(C)(C)C)ccc23)cc1C(F)(F)F. The fourth-order valence-corrected chi connectivity index (χ4v) is 5.89. The van der Waals surface area contributed by atoms with Gasteiger partial charge in [0.1, 0.15) is 0 Å². The normalized spacial score (nSPS) is 12.9. The number of aryl methyl sites for hydroxylation is 1. The van der Waals surface area contributed by atoms with E-state index in [9.17, 15) is 26.3 Å². The second-order valence-corrected chi connectivity index (χ2v) is 12.2. The molecule has 5 aromatic rings. The predicted octanol–water partition coefficient (Wildman–Crippen LogP) is 11.6. The van der Waals surface area contributed by atoms with E-state index in [4.69, 9.17) is 0 Å². The van der Waals surface area contributed by atoms with Gasteiger partial charge in [-0.15, -0.1) is 0 Å². The lowest BCUT2D eigenvalue weighted by Crippen LogP contribution is -2.11. The molecule has 0 fully saturated rings. The molecule has 0 bridgehead atoms. The van der Waals surface area contributed by atoms with Crippen LogP contribution in [0.4, 0.5) is 26.3 Å². The third-order valence-corrected chi connectivity index (χ3v) is 8.22. The first-order chi connectivity index (χ1) is 18.6. The van der Waals surface area contributed by atoms with Crippen molar-refractivity contribution in [3.05, 3.63) is 105 Å². The quantitative estimate of drug-likeness (QED) is 0.100. The molecule has 5 aromatic carbocycles. The van der Waals surface area contributed by atoms with Gasteiger partial charge in [0.25, 0.3) is 0 Å². The van der Waals surface area contributed by atoms with Crippen LogP contribution in [0.5, 0.6) is 0 Å². The van der Waals surface area contributed by atoms with Crippen LogP contribution in [-0.2, 0) is 17.8 Å². The molecule has 0 aliphatic rings. The van der Waals surface area contributed by atoms with Crippen LogP contribution in [0.25, 0.3) is 43.8 Å². The minimum atomic E-state index is -4.54. The second kappa shape index (κ2) is 9.79. The summed E-state index contributed by atoms with van der Waals surface area (Å²) >= 11 is 1.69. The molecule has 5 rings (SSSR count). The van der Waals surface area contributed by atoms with Gasteiger partial charge in [-0.2, -0.15) is 26.3 Å². The van der Waals surface area contributed by atoms with Crippen LogP contribution in [0.3, 0.4) is 0 Å². The number of alkyl halides is 6. The van der Waals surface area contributed by atoms with Crippen LogP contribution in [0.1, 0.15) is 43.0 Å². The highest BCUT2D eigenvalue weighted by Gasteiger charge is 2.34. The minimum Gasteiger partial charge on any atom is -0.166 e. The molecule has 0 N–H and O–H groups in total. The molecular weight excluding hydrogens is 637 g/mol. The van der Waals surface area contributed by atoms with Gasteiger partial charge in [0.2, 0.25) is 0 Å². The molecule has 0 aliphatic carbocycles. The lowest BCUT2D eigenvalue weighted by Gasteiger charge is -2.23. The molecule has 0 aliphatic heterocycles. The Labute approximate surface area is 242 Å². The number of benzene rings is 5. The van der Waals surface area contributed by atoms with E-state index >= 15 is 0 Å². The van der Waals surface area contributed by atoms with Crippen molar-refractivity contribution in [3.63, 3.8) is 0 Å². The van der Waals surface area contributed by atoms with Crippen LogP contribution < -0.4 is 0 Å². The van der Waals surface area contributed by atoms with Gasteiger partial charge >= 0.3 is 12.4 Å². The largest absolute Gasteiger partial charge is 0.417 e. The Bertz CT molecular complexity index is 1770. The first-order valence-electron chi connectivity index (χ1n) is 12.6. The lowest BCUT2D eigenvalue weighted by molar-refractivity contribution is -0.139. The van der Waals surface area contributed by atoms with Crippen molar-refractivity contribution in [1.82, 2.24) is 0 Å². The van der Waals surface area contributed by atoms with E-state index in [1.807, 2.05) is 51.1 Å². The van der Waals surface area contributed by atoms with Crippen LogP contribution in [0.2, 0.25) is 0 Å². The molecule has 0 spiro atoms. The van der Waals surface area contributed by atoms with Crippen LogP contribution in [0, 0.1) is 10.5 Å². The van der Waals surface area contributed by atoms with Crippen LogP contribution >= 0.6 is 22.6 Å². The Balaban J connectivity index is 1.97.